The van der Waals surface area contributed by atoms with Gasteiger partial charge in [-0.15, -0.1) is 27.8 Å². The molecule has 0 spiro atoms. The predicted octanol–water partition coefficient (Wildman–Crippen LogP) is 4.65. The SMILES string of the molecule is O=C(NCCc1csc2nc(-c3cccs3)nn12)c1ccc2ccccc2c1. The van der Waals surface area contributed by atoms with Crippen LogP contribution in [0.2, 0.25) is 0 Å². The van der Waals surface area contributed by atoms with E-state index in [1.807, 2.05) is 64.5 Å². The quantitative estimate of drug-likeness (QED) is 0.464. The summed E-state index contributed by atoms with van der Waals surface area (Å²) in [5, 5.41) is 13.9. The molecule has 1 N–H and O–H groups in total. The molecule has 0 aliphatic heterocycles. The minimum Gasteiger partial charge on any atom is -0.352 e. The Bertz CT molecular complexity index is 1270. The number of carbonyl (C=O) groups is 1. The zero-order valence-corrected chi connectivity index (χ0v) is 16.5. The molecule has 0 saturated carbocycles. The number of aromatic nitrogens is 3. The Morgan fingerprint density at radius 1 is 1.04 bits per heavy atom. The fraction of sp³-hybridized carbons (Fsp3) is 0.0952. The first kappa shape index (κ1) is 17.1. The molecular formula is C21H16N4OS2. The first-order chi connectivity index (χ1) is 13.8. The molecule has 5 rings (SSSR count). The first-order valence-electron chi connectivity index (χ1n) is 8.92. The Morgan fingerprint density at radius 3 is 2.79 bits per heavy atom. The van der Waals surface area contributed by atoms with E-state index in [1.165, 1.54) is 0 Å². The van der Waals surface area contributed by atoms with Crippen molar-refractivity contribution in [2.75, 3.05) is 6.54 Å². The van der Waals surface area contributed by atoms with Crippen LogP contribution in [0, 0.1) is 0 Å². The fourth-order valence-corrected chi connectivity index (χ4v) is 4.65. The van der Waals surface area contributed by atoms with Gasteiger partial charge >= 0.3 is 0 Å². The van der Waals surface area contributed by atoms with Crippen molar-refractivity contribution in [3.8, 4) is 10.7 Å². The highest BCUT2D eigenvalue weighted by Crippen LogP contribution is 2.24. The second-order valence-corrected chi connectivity index (χ2v) is 8.19. The number of hydrogen-bond donors (Lipinski definition) is 1. The number of carbonyl (C=O) groups excluding carboxylic acids is 1. The van der Waals surface area contributed by atoms with Crippen molar-refractivity contribution in [3.63, 3.8) is 0 Å². The van der Waals surface area contributed by atoms with E-state index in [0.29, 0.717) is 18.5 Å². The molecule has 5 aromatic rings. The van der Waals surface area contributed by atoms with Gasteiger partial charge in [0, 0.05) is 23.9 Å². The molecule has 0 unspecified atom stereocenters. The fourth-order valence-electron chi connectivity index (χ4n) is 3.14. The third-order valence-corrected chi connectivity index (χ3v) is 6.30. The average molecular weight is 405 g/mol. The molecule has 0 atom stereocenters. The summed E-state index contributed by atoms with van der Waals surface area (Å²) in [6.07, 6.45) is 0.701. The van der Waals surface area contributed by atoms with E-state index < -0.39 is 0 Å². The number of hydrogen-bond acceptors (Lipinski definition) is 5. The lowest BCUT2D eigenvalue weighted by Gasteiger charge is -2.06. The summed E-state index contributed by atoms with van der Waals surface area (Å²) in [4.78, 5) is 19.0. The Hall–Kier alpha value is -3.03. The molecular weight excluding hydrogens is 388 g/mol. The number of amides is 1. The molecule has 5 nitrogen and oxygen atoms in total. The first-order valence-corrected chi connectivity index (χ1v) is 10.7. The van der Waals surface area contributed by atoms with Crippen molar-refractivity contribution in [1.82, 2.24) is 19.9 Å². The predicted molar refractivity (Wildman–Crippen MR) is 114 cm³/mol. The maximum atomic E-state index is 12.5. The van der Waals surface area contributed by atoms with Gasteiger partial charge in [-0.3, -0.25) is 4.79 Å². The zero-order valence-electron chi connectivity index (χ0n) is 14.8. The Labute approximate surface area is 169 Å². The molecule has 3 heterocycles. The van der Waals surface area contributed by atoms with Crippen LogP contribution in [0.3, 0.4) is 0 Å². The van der Waals surface area contributed by atoms with E-state index in [9.17, 15) is 4.79 Å². The molecule has 0 saturated heterocycles. The van der Waals surface area contributed by atoms with Gasteiger partial charge in [0.05, 0.1) is 10.6 Å². The molecule has 138 valence electrons. The largest absolute Gasteiger partial charge is 0.352 e. The van der Waals surface area contributed by atoms with E-state index in [4.69, 9.17) is 0 Å². The summed E-state index contributed by atoms with van der Waals surface area (Å²) in [5.74, 6) is 0.693. The minimum atomic E-state index is -0.0601. The van der Waals surface area contributed by atoms with Crippen LogP contribution in [-0.4, -0.2) is 27.0 Å². The van der Waals surface area contributed by atoms with E-state index in [2.05, 4.69) is 20.8 Å². The average Bonchev–Trinajstić information content (AvgIpc) is 3.45. The maximum Gasteiger partial charge on any atom is 0.251 e. The lowest BCUT2D eigenvalue weighted by Crippen LogP contribution is -2.26. The van der Waals surface area contributed by atoms with Crippen LogP contribution < -0.4 is 5.32 Å². The highest BCUT2D eigenvalue weighted by Gasteiger charge is 2.12. The van der Waals surface area contributed by atoms with Gasteiger partial charge < -0.3 is 5.32 Å². The van der Waals surface area contributed by atoms with Gasteiger partial charge in [-0.2, -0.15) is 4.98 Å². The van der Waals surface area contributed by atoms with Crippen LogP contribution in [0.5, 0.6) is 0 Å². The van der Waals surface area contributed by atoms with Gasteiger partial charge in [0.15, 0.2) is 5.82 Å². The molecule has 0 fully saturated rings. The lowest BCUT2D eigenvalue weighted by atomic mass is 10.1. The number of nitrogens with zero attached hydrogens (tertiary/aromatic N) is 3. The van der Waals surface area contributed by atoms with Gasteiger partial charge in [-0.1, -0.05) is 36.4 Å². The highest BCUT2D eigenvalue weighted by molar-refractivity contribution is 7.15. The molecule has 0 aliphatic carbocycles. The smallest absolute Gasteiger partial charge is 0.251 e. The van der Waals surface area contributed by atoms with Crippen LogP contribution in [0.25, 0.3) is 26.4 Å². The van der Waals surface area contributed by atoms with Gasteiger partial charge in [0.2, 0.25) is 4.96 Å². The van der Waals surface area contributed by atoms with Crippen molar-refractivity contribution in [3.05, 3.63) is 76.6 Å². The molecule has 3 aromatic heterocycles. The molecule has 2 aromatic carbocycles. The van der Waals surface area contributed by atoms with E-state index in [1.54, 1.807) is 22.7 Å². The van der Waals surface area contributed by atoms with Crippen LogP contribution >= 0.6 is 22.7 Å². The third-order valence-electron chi connectivity index (χ3n) is 4.57. The number of benzene rings is 2. The maximum absolute atomic E-state index is 12.5. The second-order valence-electron chi connectivity index (χ2n) is 6.40. The summed E-state index contributed by atoms with van der Waals surface area (Å²) in [5.41, 5.74) is 1.73. The van der Waals surface area contributed by atoms with E-state index in [0.717, 1.165) is 32.1 Å². The number of thiazole rings is 1. The Balaban J connectivity index is 1.27. The normalized spacial score (nSPS) is 11.3. The molecule has 28 heavy (non-hydrogen) atoms. The molecule has 0 radical (unpaired) electrons. The van der Waals surface area contributed by atoms with Crippen LogP contribution in [0.4, 0.5) is 0 Å². The van der Waals surface area contributed by atoms with Gasteiger partial charge in [-0.25, -0.2) is 4.52 Å². The van der Waals surface area contributed by atoms with Gasteiger partial charge in [0.1, 0.15) is 0 Å². The molecule has 7 heteroatoms. The van der Waals surface area contributed by atoms with E-state index >= 15 is 0 Å². The number of rotatable bonds is 5. The van der Waals surface area contributed by atoms with Crippen molar-refractivity contribution >= 4 is 44.3 Å². The lowest BCUT2D eigenvalue weighted by molar-refractivity contribution is 0.0954. The molecule has 0 bridgehead atoms. The number of fused-ring (bicyclic) bond motifs is 2. The highest BCUT2D eigenvalue weighted by atomic mass is 32.1. The van der Waals surface area contributed by atoms with Gasteiger partial charge in [0.25, 0.3) is 5.91 Å². The zero-order chi connectivity index (χ0) is 18.9. The number of nitrogens with one attached hydrogen (secondary N) is 1. The summed E-state index contributed by atoms with van der Waals surface area (Å²) < 4.78 is 1.88. The third kappa shape index (κ3) is 3.19. The van der Waals surface area contributed by atoms with Crippen LogP contribution in [-0.2, 0) is 6.42 Å². The summed E-state index contributed by atoms with van der Waals surface area (Å²) >= 11 is 3.20. The van der Waals surface area contributed by atoms with Crippen molar-refractivity contribution in [2.45, 2.75) is 6.42 Å². The van der Waals surface area contributed by atoms with E-state index in [-0.39, 0.29) is 5.91 Å². The van der Waals surface area contributed by atoms with Gasteiger partial charge in [-0.05, 0) is 34.4 Å². The standard InChI is InChI=1S/C21H16N4OS2/c26-20(16-8-7-14-4-1-2-5-15(14)12-16)22-10-9-17-13-28-21-23-19(24-25(17)21)18-6-3-11-27-18/h1-8,11-13H,9-10H2,(H,22,26). The summed E-state index contributed by atoms with van der Waals surface area (Å²) in [6, 6.07) is 17.8. The minimum absolute atomic E-state index is 0.0601. The summed E-state index contributed by atoms with van der Waals surface area (Å²) in [6.45, 7) is 0.547. The second kappa shape index (κ2) is 7.18. The van der Waals surface area contributed by atoms with Crippen molar-refractivity contribution in [2.24, 2.45) is 0 Å². The van der Waals surface area contributed by atoms with Crippen LogP contribution in [0.1, 0.15) is 16.1 Å². The monoisotopic (exact) mass is 404 g/mol. The molecule has 1 amide bonds. The Kier molecular flexibility index (Phi) is 4.38. The topological polar surface area (TPSA) is 59.3 Å². The number of thiophene rings is 1. The summed E-state index contributed by atoms with van der Waals surface area (Å²) in [7, 11) is 0. The Morgan fingerprint density at radius 2 is 1.93 bits per heavy atom. The van der Waals surface area contributed by atoms with Crippen LogP contribution in [0.15, 0.2) is 65.4 Å². The van der Waals surface area contributed by atoms with Crippen molar-refractivity contribution < 1.29 is 4.79 Å². The van der Waals surface area contributed by atoms with Crippen molar-refractivity contribution in [1.29, 1.82) is 0 Å². The molecule has 0 aliphatic rings.